The van der Waals surface area contributed by atoms with Crippen molar-refractivity contribution in [2.75, 3.05) is 14.2 Å². The fraction of sp³-hybridized carbons (Fsp3) is 0.435. The van der Waals surface area contributed by atoms with Crippen LogP contribution in [0.15, 0.2) is 42.5 Å². The molecule has 5 nitrogen and oxygen atoms in total. The Kier molecular flexibility index (Phi) is 7.18. The van der Waals surface area contributed by atoms with Gasteiger partial charge >= 0.3 is 0 Å². The molecule has 150 valence electrons. The van der Waals surface area contributed by atoms with Crippen LogP contribution < -0.4 is 19.5 Å². The van der Waals surface area contributed by atoms with Gasteiger partial charge in [0.05, 0.1) is 20.3 Å². The summed E-state index contributed by atoms with van der Waals surface area (Å²) in [5.41, 5.74) is 2.01. The van der Waals surface area contributed by atoms with Crippen LogP contribution >= 0.6 is 0 Å². The molecule has 0 atom stereocenters. The molecule has 0 bridgehead atoms. The van der Waals surface area contributed by atoms with Crippen LogP contribution in [0.4, 0.5) is 0 Å². The summed E-state index contributed by atoms with van der Waals surface area (Å²) in [6, 6.07) is 13.6. The van der Waals surface area contributed by atoms with Crippen LogP contribution in [0, 0.1) is 0 Å². The molecular formula is C23H29NO4. The topological polar surface area (TPSA) is 56.8 Å². The van der Waals surface area contributed by atoms with Gasteiger partial charge in [-0.1, -0.05) is 12.1 Å². The minimum atomic E-state index is 0.00647. The van der Waals surface area contributed by atoms with E-state index in [2.05, 4.69) is 11.4 Å². The smallest absolute Gasteiger partial charge is 0.220 e. The van der Waals surface area contributed by atoms with E-state index >= 15 is 0 Å². The second-order valence-electron chi connectivity index (χ2n) is 7.13. The first-order valence-electron chi connectivity index (χ1n) is 9.91. The average Bonchev–Trinajstić information content (AvgIpc) is 3.23. The molecule has 0 aromatic heterocycles. The number of nitrogens with one attached hydrogen (secondary N) is 1. The zero-order chi connectivity index (χ0) is 19.8. The second kappa shape index (κ2) is 10.0. The maximum absolute atomic E-state index is 12.3. The molecular weight excluding hydrogens is 354 g/mol. The number of hydrogen-bond donors (Lipinski definition) is 1. The molecule has 2 aromatic carbocycles. The minimum Gasteiger partial charge on any atom is -0.497 e. The molecule has 1 amide bonds. The predicted molar refractivity (Wildman–Crippen MR) is 109 cm³/mol. The molecule has 1 N–H and O–H groups in total. The summed E-state index contributed by atoms with van der Waals surface area (Å²) in [6.07, 6.45) is 6.24. The number of methoxy groups -OCH3 is 2. The number of ether oxygens (including phenoxy) is 3. The molecule has 28 heavy (non-hydrogen) atoms. The van der Waals surface area contributed by atoms with Gasteiger partial charge in [0.25, 0.3) is 0 Å². The lowest BCUT2D eigenvalue weighted by Gasteiger charge is -2.14. The van der Waals surface area contributed by atoms with Crippen LogP contribution in [-0.4, -0.2) is 26.2 Å². The van der Waals surface area contributed by atoms with Crippen molar-refractivity contribution >= 4 is 5.91 Å². The summed E-state index contributed by atoms with van der Waals surface area (Å²) in [7, 11) is 3.24. The van der Waals surface area contributed by atoms with Crippen LogP contribution in [0.2, 0.25) is 0 Å². The molecule has 3 rings (SSSR count). The molecule has 1 aliphatic rings. The van der Waals surface area contributed by atoms with E-state index in [1.54, 1.807) is 14.2 Å². The molecule has 0 heterocycles. The first-order valence-corrected chi connectivity index (χ1v) is 9.91. The maximum Gasteiger partial charge on any atom is 0.220 e. The zero-order valence-electron chi connectivity index (χ0n) is 16.7. The van der Waals surface area contributed by atoms with Crippen molar-refractivity contribution in [3.8, 4) is 17.2 Å². The fourth-order valence-corrected chi connectivity index (χ4v) is 3.53. The second-order valence-corrected chi connectivity index (χ2v) is 7.13. The Bertz CT molecular complexity index is 784. The van der Waals surface area contributed by atoms with Gasteiger partial charge in [0.2, 0.25) is 5.91 Å². The maximum atomic E-state index is 12.3. The quantitative estimate of drug-likeness (QED) is 0.702. The number of amides is 1. The van der Waals surface area contributed by atoms with E-state index in [1.165, 1.54) is 12.8 Å². The average molecular weight is 383 g/mol. The zero-order valence-corrected chi connectivity index (χ0v) is 16.7. The molecule has 2 aromatic rings. The predicted octanol–water partition coefficient (Wildman–Crippen LogP) is 4.27. The van der Waals surface area contributed by atoms with Crippen molar-refractivity contribution in [1.82, 2.24) is 5.32 Å². The van der Waals surface area contributed by atoms with Crippen molar-refractivity contribution in [2.24, 2.45) is 0 Å². The fourth-order valence-electron chi connectivity index (χ4n) is 3.53. The van der Waals surface area contributed by atoms with E-state index in [9.17, 15) is 4.79 Å². The van der Waals surface area contributed by atoms with Gasteiger partial charge in [0.15, 0.2) is 0 Å². The normalized spacial score (nSPS) is 13.9. The van der Waals surface area contributed by atoms with E-state index < -0.39 is 0 Å². The molecule has 0 radical (unpaired) electrons. The van der Waals surface area contributed by atoms with Gasteiger partial charge in [-0.3, -0.25) is 4.79 Å². The highest BCUT2D eigenvalue weighted by molar-refractivity contribution is 5.76. The SMILES string of the molecule is COc1ccc(OC)c(CNC(=O)CCc2cccc(OC3CCCC3)c2)c1. The molecule has 1 saturated carbocycles. The third-order valence-electron chi connectivity index (χ3n) is 5.11. The Labute approximate surface area is 167 Å². The van der Waals surface area contributed by atoms with Crippen LogP contribution in [0.1, 0.15) is 43.2 Å². The van der Waals surface area contributed by atoms with Crippen LogP contribution in [0.3, 0.4) is 0 Å². The lowest BCUT2D eigenvalue weighted by atomic mass is 10.1. The molecule has 1 fully saturated rings. The Morgan fingerprint density at radius 1 is 1.04 bits per heavy atom. The van der Waals surface area contributed by atoms with E-state index in [1.807, 2.05) is 36.4 Å². The van der Waals surface area contributed by atoms with E-state index in [-0.39, 0.29) is 5.91 Å². The summed E-state index contributed by atoms with van der Waals surface area (Å²) in [6.45, 7) is 0.407. The first kappa shape index (κ1) is 20.1. The summed E-state index contributed by atoms with van der Waals surface area (Å²) in [5.74, 6) is 2.39. The van der Waals surface area contributed by atoms with Gasteiger partial charge in [-0.2, -0.15) is 0 Å². The van der Waals surface area contributed by atoms with Crippen molar-refractivity contribution in [2.45, 2.75) is 51.2 Å². The summed E-state index contributed by atoms with van der Waals surface area (Å²) in [4.78, 5) is 12.3. The number of rotatable bonds is 9. The number of carbonyl (C=O) groups excluding carboxylic acids is 1. The molecule has 0 unspecified atom stereocenters. The standard InChI is InChI=1S/C23H29NO4/c1-26-20-11-12-22(27-2)18(15-20)16-24-23(25)13-10-17-6-5-9-21(14-17)28-19-7-3-4-8-19/h5-6,9,11-12,14-15,19H,3-4,7-8,10,13,16H2,1-2H3,(H,24,25). The van der Waals surface area contributed by atoms with E-state index in [4.69, 9.17) is 14.2 Å². The molecule has 0 spiro atoms. The van der Waals surface area contributed by atoms with Crippen LogP contribution in [-0.2, 0) is 17.8 Å². The van der Waals surface area contributed by atoms with Gasteiger partial charge in [-0.25, -0.2) is 0 Å². The molecule has 1 aliphatic carbocycles. The van der Waals surface area contributed by atoms with Crippen molar-refractivity contribution in [3.63, 3.8) is 0 Å². The van der Waals surface area contributed by atoms with Crippen molar-refractivity contribution in [3.05, 3.63) is 53.6 Å². The highest BCUT2D eigenvalue weighted by atomic mass is 16.5. The molecule has 5 heteroatoms. The lowest BCUT2D eigenvalue weighted by molar-refractivity contribution is -0.121. The van der Waals surface area contributed by atoms with Crippen LogP contribution in [0.5, 0.6) is 17.2 Å². The third kappa shape index (κ3) is 5.65. The van der Waals surface area contributed by atoms with Crippen LogP contribution in [0.25, 0.3) is 0 Å². The number of carbonyl (C=O) groups is 1. The van der Waals surface area contributed by atoms with E-state index in [0.29, 0.717) is 25.5 Å². The largest absolute Gasteiger partial charge is 0.497 e. The molecule has 0 aliphatic heterocycles. The van der Waals surface area contributed by atoms with Crippen molar-refractivity contribution in [1.29, 1.82) is 0 Å². The Hall–Kier alpha value is -2.69. The Balaban J connectivity index is 1.49. The van der Waals surface area contributed by atoms with E-state index in [0.717, 1.165) is 41.2 Å². The Morgan fingerprint density at radius 3 is 2.61 bits per heavy atom. The number of benzene rings is 2. The minimum absolute atomic E-state index is 0.00647. The summed E-state index contributed by atoms with van der Waals surface area (Å²) in [5, 5.41) is 2.96. The van der Waals surface area contributed by atoms with Gasteiger partial charge in [0, 0.05) is 18.5 Å². The third-order valence-corrected chi connectivity index (χ3v) is 5.11. The summed E-state index contributed by atoms with van der Waals surface area (Å²) >= 11 is 0. The lowest BCUT2D eigenvalue weighted by Crippen LogP contribution is -2.23. The van der Waals surface area contributed by atoms with Gasteiger partial charge in [0.1, 0.15) is 17.2 Å². The van der Waals surface area contributed by atoms with Gasteiger partial charge < -0.3 is 19.5 Å². The highest BCUT2D eigenvalue weighted by Gasteiger charge is 2.16. The Morgan fingerprint density at radius 2 is 1.86 bits per heavy atom. The number of hydrogen-bond acceptors (Lipinski definition) is 4. The van der Waals surface area contributed by atoms with Gasteiger partial charge in [-0.15, -0.1) is 0 Å². The number of aryl methyl sites for hydroxylation is 1. The summed E-state index contributed by atoms with van der Waals surface area (Å²) < 4.78 is 16.6. The first-order chi connectivity index (χ1) is 13.7. The van der Waals surface area contributed by atoms with Gasteiger partial charge in [-0.05, 0) is 68.0 Å². The monoisotopic (exact) mass is 383 g/mol. The van der Waals surface area contributed by atoms with Crippen molar-refractivity contribution < 1.29 is 19.0 Å². The highest BCUT2D eigenvalue weighted by Crippen LogP contribution is 2.25. The molecule has 0 saturated heterocycles.